The summed E-state index contributed by atoms with van der Waals surface area (Å²) in [5.41, 5.74) is 9.51. The molecule has 0 amide bonds. The molecule has 21 heavy (non-hydrogen) atoms. The molecule has 2 rings (SSSR count). The first-order valence-corrected chi connectivity index (χ1v) is 7.59. The molecule has 0 aliphatic carbocycles. The summed E-state index contributed by atoms with van der Waals surface area (Å²) in [6, 6.07) is 16.5. The number of aryl methyl sites for hydroxylation is 1. The molecule has 0 bridgehead atoms. The molecule has 0 fully saturated rings. The van der Waals surface area contributed by atoms with Crippen LogP contribution >= 0.6 is 0 Å². The lowest BCUT2D eigenvalue weighted by Gasteiger charge is -2.29. The Morgan fingerprint density at radius 1 is 1.05 bits per heavy atom. The molecule has 1 unspecified atom stereocenters. The number of benzene rings is 2. The van der Waals surface area contributed by atoms with Gasteiger partial charge in [-0.2, -0.15) is 0 Å². The van der Waals surface area contributed by atoms with E-state index in [2.05, 4.69) is 31.2 Å². The van der Waals surface area contributed by atoms with Crippen LogP contribution in [-0.4, -0.2) is 6.10 Å². The van der Waals surface area contributed by atoms with E-state index in [0.29, 0.717) is 0 Å². The van der Waals surface area contributed by atoms with Crippen LogP contribution in [0.15, 0.2) is 48.5 Å². The molecule has 2 N–H and O–H groups in total. The first-order chi connectivity index (χ1) is 9.95. The molecule has 2 nitrogen and oxygen atoms in total. The first-order valence-electron chi connectivity index (χ1n) is 7.59. The second-order valence-corrected chi connectivity index (χ2v) is 5.92. The fourth-order valence-electron chi connectivity index (χ4n) is 2.49. The quantitative estimate of drug-likeness (QED) is 0.890. The molecule has 0 aromatic heterocycles. The van der Waals surface area contributed by atoms with E-state index in [9.17, 15) is 0 Å². The molecule has 0 spiro atoms. The summed E-state index contributed by atoms with van der Waals surface area (Å²) in [6.07, 6.45) is 1.17. The zero-order valence-corrected chi connectivity index (χ0v) is 13.4. The summed E-state index contributed by atoms with van der Waals surface area (Å²) in [4.78, 5) is 0. The topological polar surface area (TPSA) is 35.2 Å². The van der Waals surface area contributed by atoms with E-state index in [1.807, 2.05) is 45.0 Å². The number of nitrogens with two attached hydrogens (primary N) is 1. The predicted octanol–water partition coefficient (Wildman–Crippen LogP) is 4.26. The van der Waals surface area contributed by atoms with Crippen molar-refractivity contribution in [2.24, 2.45) is 5.73 Å². The van der Waals surface area contributed by atoms with Crippen molar-refractivity contribution in [3.05, 3.63) is 65.2 Å². The van der Waals surface area contributed by atoms with Crippen molar-refractivity contribution in [3.8, 4) is 5.75 Å². The first kappa shape index (κ1) is 15.6. The summed E-state index contributed by atoms with van der Waals surface area (Å²) in [6.45, 7) is 8.25. The molecular formula is C19H25NO. The van der Waals surface area contributed by atoms with E-state index in [1.165, 1.54) is 5.56 Å². The van der Waals surface area contributed by atoms with Gasteiger partial charge in [0, 0.05) is 5.56 Å². The fourth-order valence-corrected chi connectivity index (χ4v) is 2.49. The average Bonchev–Trinajstić information content (AvgIpc) is 2.47. The number of hydrogen-bond acceptors (Lipinski definition) is 2. The largest absolute Gasteiger partial charge is 0.491 e. The molecule has 1 atom stereocenters. The monoisotopic (exact) mass is 283 g/mol. The third-order valence-corrected chi connectivity index (χ3v) is 3.77. The van der Waals surface area contributed by atoms with Crippen LogP contribution in [0, 0.1) is 0 Å². The maximum absolute atomic E-state index is 6.65. The van der Waals surface area contributed by atoms with Crippen LogP contribution in [0.1, 0.15) is 44.4 Å². The maximum atomic E-state index is 6.65. The highest BCUT2D eigenvalue weighted by atomic mass is 16.5. The molecule has 0 saturated heterocycles. The highest BCUT2D eigenvalue weighted by Gasteiger charge is 2.27. The SMILES string of the molecule is CCc1ccc(C(C)(N)c2ccccc2OC(C)C)cc1. The standard InChI is InChI=1S/C19H25NO/c1-5-15-10-12-16(13-11-15)19(4,20)17-8-6-7-9-18(17)21-14(2)3/h6-14H,5,20H2,1-4H3. The Labute approximate surface area is 127 Å². The van der Waals surface area contributed by atoms with Gasteiger partial charge in [-0.15, -0.1) is 0 Å². The van der Waals surface area contributed by atoms with E-state index in [1.54, 1.807) is 0 Å². The zero-order chi connectivity index (χ0) is 15.5. The third-order valence-electron chi connectivity index (χ3n) is 3.77. The summed E-state index contributed by atoms with van der Waals surface area (Å²) in [5.74, 6) is 0.858. The Morgan fingerprint density at radius 3 is 2.24 bits per heavy atom. The van der Waals surface area contributed by atoms with Gasteiger partial charge in [-0.25, -0.2) is 0 Å². The molecule has 0 radical (unpaired) electrons. The van der Waals surface area contributed by atoms with Gasteiger partial charge in [0.05, 0.1) is 11.6 Å². The molecular weight excluding hydrogens is 258 g/mol. The summed E-state index contributed by atoms with van der Waals surface area (Å²) < 4.78 is 5.92. The van der Waals surface area contributed by atoms with Crippen LogP contribution in [0.5, 0.6) is 5.75 Å². The summed E-state index contributed by atoms with van der Waals surface area (Å²) >= 11 is 0. The van der Waals surface area contributed by atoms with Gasteiger partial charge in [0.15, 0.2) is 0 Å². The Hall–Kier alpha value is -1.80. The van der Waals surface area contributed by atoms with Crippen molar-refractivity contribution in [2.45, 2.75) is 45.8 Å². The van der Waals surface area contributed by atoms with Crippen LogP contribution in [0.2, 0.25) is 0 Å². The minimum Gasteiger partial charge on any atom is -0.491 e. The Kier molecular flexibility index (Phi) is 4.69. The molecule has 112 valence electrons. The van der Waals surface area contributed by atoms with Crippen LogP contribution in [0.25, 0.3) is 0 Å². The lowest BCUT2D eigenvalue weighted by molar-refractivity contribution is 0.237. The van der Waals surface area contributed by atoms with Gasteiger partial charge in [0.25, 0.3) is 0 Å². The molecule has 0 saturated carbocycles. The van der Waals surface area contributed by atoms with Crippen molar-refractivity contribution in [1.29, 1.82) is 0 Å². The fraction of sp³-hybridized carbons (Fsp3) is 0.368. The molecule has 0 aliphatic rings. The normalized spacial score (nSPS) is 14.0. The predicted molar refractivity (Wildman–Crippen MR) is 88.7 cm³/mol. The molecule has 0 heterocycles. The van der Waals surface area contributed by atoms with Crippen LogP contribution in [0.4, 0.5) is 0 Å². The lowest BCUT2D eigenvalue weighted by Crippen LogP contribution is -2.35. The van der Waals surface area contributed by atoms with Crippen LogP contribution in [-0.2, 0) is 12.0 Å². The van der Waals surface area contributed by atoms with E-state index in [0.717, 1.165) is 23.3 Å². The minimum atomic E-state index is -0.572. The van der Waals surface area contributed by atoms with Crippen molar-refractivity contribution >= 4 is 0 Å². The number of hydrogen-bond donors (Lipinski definition) is 1. The number of rotatable bonds is 5. The lowest BCUT2D eigenvalue weighted by atomic mass is 9.84. The van der Waals surface area contributed by atoms with E-state index in [4.69, 9.17) is 10.5 Å². The van der Waals surface area contributed by atoms with Crippen LogP contribution < -0.4 is 10.5 Å². The van der Waals surface area contributed by atoms with Gasteiger partial charge < -0.3 is 10.5 Å². The van der Waals surface area contributed by atoms with Crippen LogP contribution in [0.3, 0.4) is 0 Å². The Morgan fingerprint density at radius 2 is 1.67 bits per heavy atom. The minimum absolute atomic E-state index is 0.129. The van der Waals surface area contributed by atoms with Gasteiger partial charge >= 0.3 is 0 Å². The zero-order valence-electron chi connectivity index (χ0n) is 13.4. The van der Waals surface area contributed by atoms with Crippen molar-refractivity contribution < 1.29 is 4.74 Å². The molecule has 0 aliphatic heterocycles. The Bertz CT molecular complexity index is 585. The van der Waals surface area contributed by atoms with E-state index < -0.39 is 5.54 Å². The number of ether oxygens (including phenoxy) is 1. The molecule has 2 heteroatoms. The summed E-state index contributed by atoms with van der Waals surface area (Å²) in [5, 5.41) is 0. The summed E-state index contributed by atoms with van der Waals surface area (Å²) in [7, 11) is 0. The van der Waals surface area contributed by atoms with Gasteiger partial charge in [-0.1, -0.05) is 49.4 Å². The van der Waals surface area contributed by atoms with E-state index >= 15 is 0 Å². The average molecular weight is 283 g/mol. The van der Waals surface area contributed by atoms with E-state index in [-0.39, 0.29) is 6.10 Å². The second kappa shape index (κ2) is 6.31. The highest BCUT2D eigenvalue weighted by Crippen LogP contribution is 2.33. The third kappa shape index (κ3) is 3.45. The van der Waals surface area contributed by atoms with Crippen molar-refractivity contribution in [3.63, 3.8) is 0 Å². The van der Waals surface area contributed by atoms with Crippen molar-refractivity contribution in [2.75, 3.05) is 0 Å². The maximum Gasteiger partial charge on any atom is 0.125 e. The van der Waals surface area contributed by atoms with Crippen molar-refractivity contribution in [1.82, 2.24) is 0 Å². The molecule has 2 aromatic carbocycles. The Balaban J connectivity index is 2.42. The van der Waals surface area contributed by atoms with Gasteiger partial charge in [0.1, 0.15) is 5.75 Å². The van der Waals surface area contributed by atoms with Gasteiger partial charge in [0.2, 0.25) is 0 Å². The number of para-hydroxylation sites is 1. The smallest absolute Gasteiger partial charge is 0.125 e. The second-order valence-electron chi connectivity index (χ2n) is 5.92. The molecule has 2 aromatic rings. The van der Waals surface area contributed by atoms with Gasteiger partial charge in [-0.3, -0.25) is 0 Å². The highest BCUT2D eigenvalue weighted by molar-refractivity contribution is 5.46. The van der Waals surface area contributed by atoms with Gasteiger partial charge in [-0.05, 0) is 44.4 Å².